The molecule has 0 saturated carbocycles. The summed E-state index contributed by atoms with van der Waals surface area (Å²) in [7, 11) is 0. The van der Waals surface area contributed by atoms with Gasteiger partial charge in [-0.3, -0.25) is 0 Å². The summed E-state index contributed by atoms with van der Waals surface area (Å²) in [6.45, 7) is 8.45. The van der Waals surface area contributed by atoms with Gasteiger partial charge in [0.2, 0.25) is 0 Å². The van der Waals surface area contributed by atoms with Crippen molar-refractivity contribution in [3.8, 4) is 0 Å². The van der Waals surface area contributed by atoms with E-state index in [1.165, 1.54) is 0 Å². The molecule has 0 aromatic heterocycles. The van der Waals surface area contributed by atoms with E-state index in [9.17, 15) is 0 Å². The summed E-state index contributed by atoms with van der Waals surface area (Å²) in [5.74, 6) is 0. The zero-order valence-corrected chi connectivity index (χ0v) is 11.6. The van der Waals surface area contributed by atoms with Gasteiger partial charge in [-0.1, -0.05) is 44.0 Å². The molecule has 16 heavy (non-hydrogen) atoms. The SMILES string of the molecule is CCC(C)(C)CNCc1cc(Cl)ccc1Cl. The first-order valence-electron chi connectivity index (χ1n) is 5.59. The van der Waals surface area contributed by atoms with Crippen LogP contribution in [-0.4, -0.2) is 6.54 Å². The van der Waals surface area contributed by atoms with E-state index < -0.39 is 0 Å². The van der Waals surface area contributed by atoms with E-state index in [1.807, 2.05) is 18.2 Å². The first-order chi connectivity index (χ1) is 7.44. The molecular formula is C13H19Cl2N. The minimum atomic E-state index is 0.324. The second-order valence-corrected chi connectivity index (χ2v) is 5.70. The Labute approximate surface area is 108 Å². The summed E-state index contributed by atoms with van der Waals surface area (Å²) in [6, 6.07) is 5.56. The maximum atomic E-state index is 6.08. The molecule has 0 aliphatic rings. The molecule has 0 atom stereocenters. The molecular weight excluding hydrogens is 241 g/mol. The highest BCUT2D eigenvalue weighted by molar-refractivity contribution is 6.33. The molecule has 1 nitrogen and oxygen atoms in total. The Morgan fingerprint density at radius 3 is 2.56 bits per heavy atom. The van der Waals surface area contributed by atoms with Crippen molar-refractivity contribution in [3.05, 3.63) is 33.8 Å². The van der Waals surface area contributed by atoms with E-state index >= 15 is 0 Å². The Morgan fingerprint density at radius 2 is 1.94 bits per heavy atom. The summed E-state index contributed by atoms with van der Waals surface area (Å²) < 4.78 is 0. The first kappa shape index (κ1) is 13.8. The Balaban J connectivity index is 2.52. The van der Waals surface area contributed by atoms with Crippen molar-refractivity contribution in [2.45, 2.75) is 33.7 Å². The number of benzene rings is 1. The summed E-state index contributed by atoms with van der Waals surface area (Å²) >= 11 is 12.0. The van der Waals surface area contributed by atoms with Gasteiger partial charge in [-0.15, -0.1) is 0 Å². The fourth-order valence-corrected chi connectivity index (χ4v) is 1.72. The predicted octanol–water partition coefficient (Wildman–Crippen LogP) is 4.52. The van der Waals surface area contributed by atoms with Gasteiger partial charge in [0, 0.05) is 23.1 Å². The maximum absolute atomic E-state index is 6.08. The van der Waals surface area contributed by atoms with Crippen LogP contribution in [0.1, 0.15) is 32.8 Å². The van der Waals surface area contributed by atoms with Crippen molar-refractivity contribution in [2.75, 3.05) is 6.54 Å². The van der Waals surface area contributed by atoms with Crippen LogP contribution in [0.25, 0.3) is 0 Å². The van der Waals surface area contributed by atoms with Gasteiger partial charge < -0.3 is 5.32 Å². The van der Waals surface area contributed by atoms with Crippen LogP contribution in [0.4, 0.5) is 0 Å². The lowest BCUT2D eigenvalue weighted by molar-refractivity contribution is 0.327. The summed E-state index contributed by atoms with van der Waals surface area (Å²) in [6.07, 6.45) is 1.16. The van der Waals surface area contributed by atoms with E-state index in [2.05, 4.69) is 26.1 Å². The number of hydrogen-bond donors (Lipinski definition) is 1. The summed E-state index contributed by atoms with van der Waals surface area (Å²) in [4.78, 5) is 0. The lowest BCUT2D eigenvalue weighted by atomic mass is 9.90. The number of halogens is 2. The maximum Gasteiger partial charge on any atom is 0.0451 e. The number of rotatable bonds is 5. The normalized spacial score (nSPS) is 11.8. The van der Waals surface area contributed by atoms with Crippen molar-refractivity contribution in [1.82, 2.24) is 5.32 Å². The summed E-state index contributed by atoms with van der Waals surface area (Å²) in [5, 5.41) is 4.92. The summed E-state index contributed by atoms with van der Waals surface area (Å²) in [5.41, 5.74) is 1.38. The Hall–Kier alpha value is -0.240. The Kier molecular flexibility index (Phi) is 5.10. The fraction of sp³-hybridized carbons (Fsp3) is 0.538. The van der Waals surface area contributed by atoms with Crippen LogP contribution >= 0.6 is 23.2 Å². The molecule has 0 heterocycles. The molecule has 1 rings (SSSR count). The van der Waals surface area contributed by atoms with Gasteiger partial charge in [0.1, 0.15) is 0 Å². The molecule has 0 aliphatic carbocycles. The van der Waals surface area contributed by atoms with Crippen LogP contribution in [0.5, 0.6) is 0 Å². The fourth-order valence-electron chi connectivity index (χ4n) is 1.34. The zero-order valence-electron chi connectivity index (χ0n) is 10.1. The van der Waals surface area contributed by atoms with Crippen LogP contribution < -0.4 is 5.32 Å². The monoisotopic (exact) mass is 259 g/mol. The molecule has 0 bridgehead atoms. The largest absolute Gasteiger partial charge is 0.312 e. The first-order valence-corrected chi connectivity index (χ1v) is 6.35. The topological polar surface area (TPSA) is 12.0 Å². The number of hydrogen-bond acceptors (Lipinski definition) is 1. The van der Waals surface area contributed by atoms with Gasteiger partial charge in [-0.2, -0.15) is 0 Å². The third-order valence-electron chi connectivity index (χ3n) is 2.88. The van der Waals surface area contributed by atoms with E-state index in [4.69, 9.17) is 23.2 Å². The average Bonchev–Trinajstić information content (AvgIpc) is 2.23. The Bertz CT molecular complexity index is 348. The molecule has 1 aromatic rings. The molecule has 0 saturated heterocycles. The third kappa shape index (κ3) is 4.32. The van der Waals surface area contributed by atoms with Crippen molar-refractivity contribution < 1.29 is 0 Å². The van der Waals surface area contributed by atoms with Crippen molar-refractivity contribution >= 4 is 23.2 Å². The highest BCUT2D eigenvalue weighted by atomic mass is 35.5. The van der Waals surface area contributed by atoms with Crippen LogP contribution in [0.3, 0.4) is 0 Å². The Morgan fingerprint density at radius 1 is 1.25 bits per heavy atom. The molecule has 0 amide bonds. The lowest BCUT2D eigenvalue weighted by Gasteiger charge is -2.23. The second kappa shape index (κ2) is 5.90. The zero-order chi connectivity index (χ0) is 12.2. The van der Waals surface area contributed by atoms with E-state index in [0.29, 0.717) is 5.41 Å². The molecule has 1 N–H and O–H groups in total. The highest BCUT2D eigenvalue weighted by Crippen LogP contribution is 2.21. The third-order valence-corrected chi connectivity index (χ3v) is 3.49. The molecule has 3 heteroatoms. The molecule has 1 aromatic carbocycles. The molecule has 90 valence electrons. The standard InChI is InChI=1S/C13H19Cl2N/c1-4-13(2,3)9-16-8-10-7-11(14)5-6-12(10)15/h5-7,16H,4,8-9H2,1-3H3. The van der Waals surface area contributed by atoms with Gasteiger partial charge in [-0.25, -0.2) is 0 Å². The van der Waals surface area contributed by atoms with Crippen LogP contribution in [-0.2, 0) is 6.54 Å². The van der Waals surface area contributed by atoms with Crippen molar-refractivity contribution in [2.24, 2.45) is 5.41 Å². The van der Waals surface area contributed by atoms with Gasteiger partial charge in [0.15, 0.2) is 0 Å². The smallest absolute Gasteiger partial charge is 0.0451 e. The minimum Gasteiger partial charge on any atom is -0.312 e. The van der Waals surface area contributed by atoms with Crippen LogP contribution in [0.2, 0.25) is 10.0 Å². The van der Waals surface area contributed by atoms with Crippen molar-refractivity contribution in [3.63, 3.8) is 0 Å². The molecule has 0 aliphatic heterocycles. The van der Waals surface area contributed by atoms with E-state index in [0.717, 1.165) is 35.1 Å². The van der Waals surface area contributed by atoms with Gasteiger partial charge in [0.25, 0.3) is 0 Å². The molecule has 0 unspecified atom stereocenters. The lowest BCUT2D eigenvalue weighted by Crippen LogP contribution is -2.28. The van der Waals surface area contributed by atoms with Crippen LogP contribution in [0, 0.1) is 5.41 Å². The van der Waals surface area contributed by atoms with Gasteiger partial charge >= 0.3 is 0 Å². The van der Waals surface area contributed by atoms with Crippen LogP contribution in [0.15, 0.2) is 18.2 Å². The van der Waals surface area contributed by atoms with Gasteiger partial charge in [-0.05, 0) is 35.6 Å². The van der Waals surface area contributed by atoms with Crippen molar-refractivity contribution in [1.29, 1.82) is 0 Å². The second-order valence-electron chi connectivity index (χ2n) is 4.86. The quantitative estimate of drug-likeness (QED) is 0.820. The average molecular weight is 260 g/mol. The highest BCUT2D eigenvalue weighted by Gasteiger charge is 2.14. The van der Waals surface area contributed by atoms with Gasteiger partial charge in [0.05, 0.1) is 0 Å². The predicted molar refractivity (Wildman–Crippen MR) is 72.2 cm³/mol. The van der Waals surface area contributed by atoms with E-state index in [-0.39, 0.29) is 0 Å². The number of nitrogens with one attached hydrogen (secondary N) is 1. The molecule has 0 radical (unpaired) electrons. The molecule has 0 spiro atoms. The molecule has 0 fully saturated rings. The minimum absolute atomic E-state index is 0.324. The van der Waals surface area contributed by atoms with E-state index in [1.54, 1.807) is 0 Å².